The Hall–Kier alpha value is -2.99. The molecule has 0 radical (unpaired) electrons. The fourth-order valence-electron chi connectivity index (χ4n) is 3.97. The van der Waals surface area contributed by atoms with Crippen molar-refractivity contribution in [1.82, 2.24) is 14.2 Å². The number of halogens is 1. The van der Waals surface area contributed by atoms with E-state index in [9.17, 15) is 4.79 Å². The zero-order valence-corrected chi connectivity index (χ0v) is 20.6. The molecule has 0 amide bonds. The molecule has 0 aliphatic rings. The molecular formula is C26H27BrN4O. The van der Waals surface area contributed by atoms with Crippen molar-refractivity contribution < 1.29 is 0 Å². The Morgan fingerprint density at radius 1 is 1.09 bits per heavy atom. The highest BCUT2D eigenvalue weighted by Crippen LogP contribution is 2.22. The lowest BCUT2D eigenvalue weighted by molar-refractivity contribution is 0.665. The third kappa shape index (κ3) is 4.07. The van der Waals surface area contributed by atoms with Crippen LogP contribution in [-0.4, -0.2) is 20.4 Å². The average molecular weight is 491 g/mol. The fourth-order valence-corrected chi connectivity index (χ4v) is 4.33. The fraction of sp³-hybridized carbons (Fsp3) is 0.269. The van der Waals surface area contributed by atoms with E-state index in [4.69, 9.17) is 4.98 Å². The lowest BCUT2D eigenvalue weighted by Gasteiger charge is -2.12. The van der Waals surface area contributed by atoms with Gasteiger partial charge in [-0.3, -0.25) is 4.79 Å². The lowest BCUT2D eigenvalue weighted by atomic mass is 10.1. The van der Waals surface area contributed by atoms with Gasteiger partial charge in [-0.2, -0.15) is 9.78 Å². The normalized spacial score (nSPS) is 11.8. The molecular weight excluding hydrogens is 464 g/mol. The first kappa shape index (κ1) is 22.2. The van der Waals surface area contributed by atoms with Crippen molar-refractivity contribution in [3.8, 4) is 5.69 Å². The number of benzene rings is 2. The average Bonchev–Trinajstić information content (AvgIpc) is 3.06. The Kier molecular flexibility index (Phi) is 6.15. The number of aromatic nitrogens is 3. The molecule has 0 aliphatic heterocycles. The van der Waals surface area contributed by atoms with Crippen molar-refractivity contribution in [2.75, 3.05) is 0 Å². The van der Waals surface area contributed by atoms with Crippen molar-refractivity contribution in [2.24, 2.45) is 5.10 Å². The van der Waals surface area contributed by atoms with E-state index in [1.165, 1.54) is 10.2 Å². The third-order valence-corrected chi connectivity index (χ3v) is 6.23. The summed E-state index contributed by atoms with van der Waals surface area (Å²) >= 11 is 3.45. The quantitative estimate of drug-likeness (QED) is 0.315. The third-order valence-electron chi connectivity index (χ3n) is 5.74. The van der Waals surface area contributed by atoms with Gasteiger partial charge >= 0.3 is 0 Å². The summed E-state index contributed by atoms with van der Waals surface area (Å²) in [6.07, 6.45) is 2.78. The second-order valence-electron chi connectivity index (χ2n) is 8.33. The molecule has 0 spiro atoms. The van der Waals surface area contributed by atoms with Gasteiger partial charge in [-0.25, -0.2) is 4.98 Å². The van der Waals surface area contributed by atoms with E-state index in [2.05, 4.69) is 76.7 Å². The maximum atomic E-state index is 13.2. The minimum Gasteiger partial charge on any atom is -0.318 e. The molecule has 0 N–H and O–H groups in total. The standard InChI is InChI=1S/C26H27BrN4O/c1-6-19-7-10-22(11-8-19)30-17(4)13-20(18(30)5)15-28-31-25(16(2)3)29-24-12-9-21(27)14-23(24)26(31)32/h7-16H,6H2,1-5H3. The number of rotatable bonds is 5. The zero-order chi connectivity index (χ0) is 23.0. The molecule has 2 heterocycles. The van der Waals surface area contributed by atoms with Crippen LogP contribution >= 0.6 is 15.9 Å². The van der Waals surface area contributed by atoms with Crippen LogP contribution < -0.4 is 5.56 Å². The molecule has 0 fully saturated rings. The van der Waals surface area contributed by atoms with Gasteiger partial charge in [0, 0.05) is 33.0 Å². The molecule has 2 aromatic carbocycles. The summed E-state index contributed by atoms with van der Waals surface area (Å²) in [6.45, 7) is 10.3. The van der Waals surface area contributed by atoms with Gasteiger partial charge in [0.25, 0.3) is 5.56 Å². The summed E-state index contributed by atoms with van der Waals surface area (Å²) in [5.74, 6) is 0.697. The Balaban J connectivity index is 1.80. The molecule has 164 valence electrons. The molecule has 32 heavy (non-hydrogen) atoms. The highest BCUT2D eigenvalue weighted by Gasteiger charge is 2.15. The summed E-state index contributed by atoms with van der Waals surface area (Å²) in [7, 11) is 0. The van der Waals surface area contributed by atoms with Crippen molar-refractivity contribution in [2.45, 2.75) is 47.0 Å². The Morgan fingerprint density at radius 3 is 2.47 bits per heavy atom. The molecule has 0 saturated heterocycles. The van der Waals surface area contributed by atoms with Gasteiger partial charge in [-0.05, 0) is 62.2 Å². The van der Waals surface area contributed by atoms with Crippen LogP contribution in [0, 0.1) is 13.8 Å². The van der Waals surface area contributed by atoms with E-state index in [1.54, 1.807) is 12.3 Å². The second-order valence-corrected chi connectivity index (χ2v) is 9.25. The predicted molar refractivity (Wildman–Crippen MR) is 135 cm³/mol. The summed E-state index contributed by atoms with van der Waals surface area (Å²) in [5, 5.41) is 5.15. The van der Waals surface area contributed by atoms with Crippen LogP contribution in [0.2, 0.25) is 0 Å². The van der Waals surface area contributed by atoms with Gasteiger partial charge < -0.3 is 4.57 Å². The lowest BCUT2D eigenvalue weighted by Crippen LogP contribution is -2.23. The smallest absolute Gasteiger partial charge is 0.282 e. The second kappa shape index (κ2) is 8.87. The Labute approximate surface area is 196 Å². The predicted octanol–water partition coefficient (Wildman–Crippen LogP) is 6.13. The highest BCUT2D eigenvalue weighted by atomic mass is 79.9. The van der Waals surface area contributed by atoms with Crippen LogP contribution in [0.15, 0.2) is 62.9 Å². The highest BCUT2D eigenvalue weighted by molar-refractivity contribution is 9.10. The molecule has 5 nitrogen and oxygen atoms in total. The van der Waals surface area contributed by atoms with Gasteiger partial charge in [0.1, 0.15) is 5.82 Å². The van der Waals surface area contributed by atoms with Crippen LogP contribution in [0.1, 0.15) is 55.0 Å². The van der Waals surface area contributed by atoms with Gasteiger partial charge in [0.05, 0.1) is 17.1 Å². The van der Waals surface area contributed by atoms with E-state index in [-0.39, 0.29) is 11.5 Å². The molecule has 0 saturated carbocycles. The summed E-state index contributed by atoms with van der Waals surface area (Å²) in [4.78, 5) is 18.0. The van der Waals surface area contributed by atoms with E-state index >= 15 is 0 Å². The van der Waals surface area contributed by atoms with Gasteiger partial charge in [-0.1, -0.05) is 48.8 Å². The number of nitrogens with zero attached hydrogens (tertiary/aromatic N) is 4. The summed E-state index contributed by atoms with van der Waals surface area (Å²) in [5.41, 5.74) is 6.11. The first-order valence-corrected chi connectivity index (χ1v) is 11.6. The summed E-state index contributed by atoms with van der Waals surface area (Å²) < 4.78 is 4.49. The number of hydrogen-bond acceptors (Lipinski definition) is 3. The van der Waals surface area contributed by atoms with Crippen LogP contribution in [0.4, 0.5) is 0 Å². The van der Waals surface area contributed by atoms with Gasteiger partial charge in [0.15, 0.2) is 0 Å². The van der Waals surface area contributed by atoms with Gasteiger partial charge in [-0.15, -0.1) is 0 Å². The Morgan fingerprint density at radius 2 is 1.81 bits per heavy atom. The van der Waals surface area contributed by atoms with Crippen molar-refractivity contribution >= 4 is 33.0 Å². The van der Waals surface area contributed by atoms with Crippen molar-refractivity contribution in [3.63, 3.8) is 0 Å². The first-order valence-electron chi connectivity index (χ1n) is 10.8. The maximum absolute atomic E-state index is 13.2. The number of hydrogen-bond donors (Lipinski definition) is 0. The van der Waals surface area contributed by atoms with Crippen molar-refractivity contribution in [3.05, 3.63) is 91.7 Å². The number of aryl methyl sites for hydroxylation is 2. The van der Waals surface area contributed by atoms with Crippen LogP contribution in [0.5, 0.6) is 0 Å². The summed E-state index contributed by atoms with van der Waals surface area (Å²) in [6, 6.07) is 16.3. The van der Waals surface area contributed by atoms with E-state index in [0.717, 1.165) is 33.5 Å². The topological polar surface area (TPSA) is 52.2 Å². The van der Waals surface area contributed by atoms with Crippen LogP contribution in [0.25, 0.3) is 16.6 Å². The molecule has 2 aromatic heterocycles. The monoisotopic (exact) mass is 490 g/mol. The first-order chi connectivity index (χ1) is 15.3. The molecule has 0 atom stereocenters. The largest absolute Gasteiger partial charge is 0.318 e. The van der Waals surface area contributed by atoms with Crippen LogP contribution in [-0.2, 0) is 6.42 Å². The van der Waals surface area contributed by atoms with E-state index in [0.29, 0.717) is 16.7 Å². The zero-order valence-electron chi connectivity index (χ0n) is 19.1. The molecule has 0 aliphatic carbocycles. The minimum atomic E-state index is -0.166. The SMILES string of the molecule is CCc1ccc(-n2c(C)cc(C=Nn3c(C(C)C)nc4ccc(Br)cc4c3=O)c2C)cc1. The molecule has 4 rings (SSSR count). The molecule has 0 bridgehead atoms. The van der Waals surface area contributed by atoms with Crippen LogP contribution in [0.3, 0.4) is 0 Å². The van der Waals surface area contributed by atoms with Crippen molar-refractivity contribution in [1.29, 1.82) is 0 Å². The molecule has 6 heteroatoms. The van der Waals surface area contributed by atoms with E-state index in [1.807, 2.05) is 26.0 Å². The number of fused-ring (bicyclic) bond motifs is 1. The molecule has 0 unspecified atom stereocenters. The van der Waals surface area contributed by atoms with Gasteiger partial charge in [0.2, 0.25) is 0 Å². The minimum absolute atomic E-state index is 0.0532. The Bertz CT molecular complexity index is 1380. The maximum Gasteiger partial charge on any atom is 0.282 e. The van der Waals surface area contributed by atoms with E-state index < -0.39 is 0 Å². The molecule has 4 aromatic rings.